The number of Topliss-reactive ketones (excluding diaryl/α,β-unsaturated/α-hetero) is 2. The molecule has 10 N–H and O–H groups in total. The number of carbonyl (C=O) groups excluding carboxylic acids is 3. The van der Waals surface area contributed by atoms with Gasteiger partial charge in [0.05, 0.1) is 28.5 Å². The van der Waals surface area contributed by atoms with Gasteiger partial charge in [-0.3, -0.25) is 23.8 Å². The molecule has 0 saturated heterocycles. The lowest BCUT2D eigenvalue weighted by molar-refractivity contribution is -0.162. The summed E-state index contributed by atoms with van der Waals surface area (Å²) in [6, 6.07) is 9.15. The minimum absolute atomic E-state index is 0. The van der Waals surface area contributed by atoms with Gasteiger partial charge in [0.2, 0.25) is 5.78 Å². The van der Waals surface area contributed by atoms with Crippen molar-refractivity contribution >= 4 is 27.6 Å². The standard InChI is InChI=1S/C22H24N2O8.C7H8O3S.H2O/c1-7-8-5-4-6-9(25)11(8)16(26)12-10(7)17(27)14-15(24(2)3)18(28)13(21(23)31)20(30)22(14,32)19(12)29;1-6-2-4-7(5-3-6)11(8,9)10;/h4-7,10,14-15,17,25,27-29,32H,1-3H3,(H2,23,31);2-5H,1H3,(H,8,9,10);1H2/t7-,10+,14+,15-,17-,22-;;/m0../s1. The Balaban J connectivity index is 0.000000374. The number of carbonyl (C=O) groups is 3. The molecule has 0 spiro atoms. The number of phenolic OH excluding ortho intramolecular Hbond substituents is 1. The number of ketones is 2. The second kappa shape index (κ2) is 11.8. The van der Waals surface area contributed by atoms with Gasteiger partial charge in [-0.25, -0.2) is 0 Å². The number of hydrogen-bond acceptors (Lipinski definition) is 11. The van der Waals surface area contributed by atoms with Crippen molar-refractivity contribution in [2.24, 2.45) is 17.6 Å². The maximum absolute atomic E-state index is 13.3. The number of rotatable bonds is 3. The molecule has 3 aliphatic carbocycles. The molecule has 0 aromatic heterocycles. The molecule has 5 rings (SSSR count). The molecular weight excluding hydrogens is 600 g/mol. The Morgan fingerprint density at radius 3 is 2.09 bits per heavy atom. The van der Waals surface area contributed by atoms with E-state index in [0.717, 1.165) is 5.56 Å². The molecule has 15 heteroatoms. The molecule has 0 aliphatic heterocycles. The Morgan fingerprint density at radius 2 is 1.59 bits per heavy atom. The molecule has 0 radical (unpaired) electrons. The molecule has 44 heavy (non-hydrogen) atoms. The summed E-state index contributed by atoms with van der Waals surface area (Å²) in [5.41, 5.74) is 2.32. The summed E-state index contributed by atoms with van der Waals surface area (Å²) in [6.07, 6.45) is -1.59. The van der Waals surface area contributed by atoms with Gasteiger partial charge >= 0.3 is 0 Å². The highest BCUT2D eigenvalue weighted by Crippen LogP contribution is 2.55. The van der Waals surface area contributed by atoms with Crippen molar-refractivity contribution in [3.8, 4) is 5.75 Å². The Morgan fingerprint density at radius 1 is 1.02 bits per heavy atom. The number of benzene rings is 2. The fourth-order valence-corrected chi connectivity index (χ4v) is 6.77. The van der Waals surface area contributed by atoms with Crippen molar-refractivity contribution in [2.75, 3.05) is 14.1 Å². The Bertz CT molecular complexity index is 1700. The van der Waals surface area contributed by atoms with Crippen LogP contribution in [0.3, 0.4) is 0 Å². The SMILES string of the molecule is C[C@H]1c2cccc(O)c2C(=O)C2=C(O)[C@]3(O)C(=O)C(C(N)=O)=C(O)[C@@H](N(C)C)[C@@H]3[C@@H](O)[C@@H]21.Cc1ccc(S(=O)(=O)O)cc1.O. The van der Waals surface area contributed by atoms with Gasteiger partial charge in [0.25, 0.3) is 16.0 Å². The molecule has 2 aromatic carbocycles. The second-order valence-electron chi connectivity index (χ2n) is 11.1. The fourth-order valence-electron chi connectivity index (χ4n) is 6.29. The summed E-state index contributed by atoms with van der Waals surface area (Å²) >= 11 is 0. The van der Waals surface area contributed by atoms with Crippen LogP contribution in [0.4, 0.5) is 0 Å². The number of likely N-dealkylation sites (N-methyl/N-ethyl adjacent to an activating group) is 1. The number of aryl methyl sites for hydroxylation is 1. The smallest absolute Gasteiger partial charge is 0.294 e. The lowest BCUT2D eigenvalue weighted by Crippen LogP contribution is -2.68. The van der Waals surface area contributed by atoms with Gasteiger partial charge in [-0.05, 0) is 50.7 Å². The topological polar surface area (TPSA) is 267 Å². The van der Waals surface area contributed by atoms with Crippen molar-refractivity contribution in [3.63, 3.8) is 0 Å². The first-order valence-corrected chi connectivity index (χ1v) is 14.5. The molecule has 14 nitrogen and oxygen atoms in total. The van der Waals surface area contributed by atoms with Gasteiger partial charge < -0.3 is 36.7 Å². The van der Waals surface area contributed by atoms with E-state index in [4.69, 9.17) is 10.3 Å². The van der Waals surface area contributed by atoms with E-state index in [-0.39, 0.29) is 21.7 Å². The van der Waals surface area contributed by atoms with Crippen LogP contribution in [-0.2, 0) is 19.7 Å². The monoisotopic (exact) mass is 634 g/mol. The lowest BCUT2D eigenvalue weighted by Gasteiger charge is -2.53. The molecule has 3 aliphatic rings. The first-order chi connectivity index (χ1) is 19.9. The summed E-state index contributed by atoms with van der Waals surface area (Å²) in [6.45, 7) is 3.52. The minimum atomic E-state index is -4.02. The van der Waals surface area contributed by atoms with Crippen LogP contribution in [0.2, 0.25) is 0 Å². The number of primary amides is 1. The number of aliphatic hydroxyl groups excluding tert-OH is 3. The van der Waals surface area contributed by atoms with E-state index in [1.807, 2.05) is 6.92 Å². The van der Waals surface area contributed by atoms with Crippen LogP contribution in [-0.4, -0.2) is 98.2 Å². The van der Waals surface area contributed by atoms with E-state index in [9.17, 15) is 48.3 Å². The third-order valence-corrected chi connectivity index (χ3v) is 9.18. The zero-order valence-corrected chi connectivity index (χ0v) is 24.9. The second-order valence-corrected chi connectivity index (χ2v) is 12.5. The van der Waals surface area contributed by atoms with E-state index in [0.29, 0.717) is 5.56 Å². The summed E-state index contributed by atoms with van der Waals surface area (Å²) in [5, 5.41) is 55.0. The zero-order chi connectivity index (χ0) is 32.3. The van der Waals surface area contributed by atoms with Gasteiger partial charge in [-0.2, -0.15) is 8.42 Å². The van der Waals surface area contributed by atoms with Gasteiger partial charge in [0.1, 0.15) is 22.8 Å². The number of hydrogen-bond donors (Lipinski definition) is 7. The van der Waals surface area contributed by atoms with Crippen molar-refractivity contribution in [1.29, 1.82) is 0 Å². The summed E-state index contributed by atoms with van der Waals surface area (Å²) in [7, 11) is -1.04. The summed E-state index contributed by atoms with van der Waals surface area (Å²) in [5.74, 6) is -8.86. The largest absolute Gasteiger partial charge is 0.510 e. The van der Waals surface area contributed by atoms with Gasteiger partial charge in [0, 0.05) is 11.5 Å². The van der Waals surface area contributed by atoms with E-state index >= 15 is 0 Å². The highest BCUT2D eigenvalue weighted by atomic mass is 32.2. The van der Waals surface area contributed by atoms with Crippen molar-refractivity contribution in [3.05, 3.63) is 81.8 Å². The first-order valence-electron chi connectivity index (χ1n) is 13.1. The van der Waals surface area contributed by atoms with Crippen molar-refractivity contribution in [1.82, 2.24) is 4.90 Å². The van der Waals surface area contributed by atoms with Crippen LogP contribution in [0, 0.1) is 18.8 Å². The van der Waals surface area contributed by atoms with Crippen molar-refractivity contribution in [2.45, 2.75) is 42.4 Å². The molecule has 0 bridgehead atoms. The minimum Gasteiger partial charge on any atom is -0.510 e. The van der Waals surface area contributed by atoms with E-state index in [1.54, 1.807) is 31.2 Å². The molecule has 6 atom stereocenters. The third kappa shape index (κ3) is 5.16. The van der Waals surface area contributed by atoms with Crippen LogP contribution in [0.15, 0.2) is 70.0 Å². The number of amides is 1. The molecule has 0 fully saturated rings. The van der Waals surface area contributed by atoms with E-state index in [1.165, 1.54) is 37.2 Å². The first kappa shape index (κ1) is 34.4. The normalized spacial score (nSPS) is 27.9. The molecule has 238 valence electrons. The van der Waals surface area contributed by atoms with E-state index < -0.39 is 85.8 Å². The van der Waals surface area contributed by atoms with Gasteiger partial charge in [-0.15, -0.1) is 0 Å². The number of nitrogens with zero attached hydrogens (tertiary/aromatic N) is 1. The Labute approximate surface area is 252 Å². The fraction of sp³-hybridized carbons (Fsp3) is 0.345. The summed E-state index contributed by atoms with van der Waals surface area (Å²) in [4.78, 5) is 39.8. The van der Waals surface area contributed by atoms with Crippen LogP contribution < -0.4 is 5.73 Å². The molecule has 0 unspecified atom stereocenters. The molecule has 2 aromatic rings. The highest BCUT2D eigenvalue weighted by Gasteiger charge is 2.67. The third-order valence-electron chi connectivity index (χ3n) is 8.31. The highest BCUT2D eigenvalue weighted by molar-refractivity contribution is 7.85. The van der Waals surface area contributed by atoms with Gasteiger partial charge in [-0.1, -0.05) is 36.8 Å². The Kier molecular flexibility index (Phi) is 9.19. The number of aromatic hydroxyl groups is 1. The van der Waals surface area contributed by atoms with Crippen LogP contribution in [0.5, 0.6) is 5.75 Å². The molecule has 1 amide bonds. The number of nitrogens with two attached hydrogens (primary N) is 1. The van der Waals surface area contributed by atoms with Gasteiger partial charge in [0.15, 0.2) is 11.4 Å². The maximum atomic E-state index is 13.3. The Hall–Kier alpha value is -4.12. The number of phenols is 1. The van der Waals surface area contributed by atoms with E-state index in [2.05, 4.69) is 0 Å². The lowest BCUT2D eigenvalue weighted by atomic mass is 9.55. The van der Waals surface area contributed by atoms with Crippen LogP contribution >= 0.6 is 0 Å². The average Bonchev–Trinajstić information content (AvgIpc) is 2.90. The number of fused-ring (bicyclic) bond motifs is 3. The number of aliphatic hydroxyl groups is 4. The van der Waals surface area contributed by atoms with Crippen molar-refractivity contribution < 1.29 is 58.4 Å². The zero-order valence-electron chi connectivity index (χ0n) is 24.1. The average molecular weight is 635 g/mol. The molecular formula is C29H34N2O12S. The molecule has 0 heterocycles. The van der Waals surface area contributed by atoms with Crippen LogP contribution in [0.1, 0.15) is 34.3 Å². The maximum Gasteiger partial charge on any atom is 0.294 e. The summed E-state index contributed by atoms with van der Waals surface area (Å²) < 4.78 is 29.6. The van der Waals surface area contributed by atoms with Crippen LogP contribution in [0.25, 0.3) is 0 Å². The predicted octanol–water partition coefficient (Wildman–Crippen LogP) is 0.0694. The predicted molar refractivity (Wildman–Crippen MR) is 154 cm³/mol. The molecule has 0 saturated carbocycles. The quantitative estimate of drug-likeness (QED) is 0.175.